The van der Waals surface area contributed by atoms with Gasteiger partial charge in [-0.15, -0.1) is 0 Å². The van der Waals surface area contributed by atoms with E-state index < -0.39 is 9.84 Å². The highest BCUT2D eigenvalue weighted by Crippen LogP contribution is 2.21. The lowest BCUT2D eigenvalue weighted by atomic mass is 10.3. The predicted molar refractivity (Wildman–Crippen MR) is 73.9 cm³/mol. The SMILES string of the molecule is O=S(=O)(c1ccccc1)c1ccc(NCCO)cc1. The van der Waals surface area contributed by atoms with Crippen molar-refractivity contribution in [1.29, 1.82) is 0 Å². The van der Waals surface area contributed by atoms with E-state index in [2.05, 4.69) is 5.32 Å². The molecule has 2 rings (SSSR count). The summed E-state index contributed by atoms with van der Waals surface area (Å²) in [6.45, 7) is 0.467. The highest BCUT2D eigenvalue weighted by Gasteiger charge is 2.16. The molecule has 0 bridgehead atoms. The van der Waals surface area contributed by atoms with Gasteiger partial charge in [-0.05, 0) is 36.4 Å². The van der Waals surface area contributed by atoms with Gasteiger partial charge in [0.05, 0.1) is 16.4 Å². The Bertz CT molecular complexity index is 622. The van der Waals surface area contributed by atoms with Crippen LogP contribution in [0.2, 0.25) is 0 Å². The first-order chi connectivity index (χ1) is 9.14. The lowest BCUT2D eigenvalue weighted by Crippen LogP contribution is -2.06. The molecule has 4 nitrogen and oxygen atoms in total. The molecule has 0 aliphatic rings. The first-order valence-corrected chi connectivity index (χ1v) is 7.38. The Morgan fingerprint density at radius 1 is 0.895 bits per heavy atom. The average Bonchev–Trinajstić information content (AvgIpc) is 2.46. The van der Waals surface area contributed by atoms with Crippen molar-refractivity contribution in [2.24, 2.45) is 0 Å². The van der Waals surface area contributed by atoms with Crippen molar-refractivity contribution in [3.05, 3.63) is 54.6 Å². The van der Waals surface area contributed by atoms with Crippen molar-refractivity contribution >= 4 is 15.5 Å². The van der Waals surface area contributed by atoms with Gasteiger partial charge in [-0.3, -0.25) is 0 Å². The quantitative estimate of drug-likeness (QED) is 0.876. The van der Waals surface area contributed by atoms with Gasteiger partial charge in [0.15, 0.2) is 0 Å². The van der Waals surface area contributed by atoms with Gasteiger partial charge in [0.2, 0.25) is 9.84 Å². The third-order valence-electron chi connectivity index (χ3n) is 2.66. The molecule has 0 heterocycles. The molecule has 0 saturated carbocycles. The minimum absolute atomic E-state index is 0.0318. The standard InChI is InChI=1S/C14H15NO3S/c16-11-10-15-12-6-8-14(9-7-12)19(17,18)13-4-2-1-3-5-13/h1-9,15-16H,10-11H2. The van der Waals surface area contributed by atoms with Crippen LogP contribution in [-0.2, 0) is 9.84 Å². The van der Waals surface area contributed by atoms with Crippen molar-refractivity contribution in [3.8, 4) is 0 Å². The Morgan fingerprint density at radius 2 is 1.47 bits per heavy atom. The third-order valence-corrected chi connectivity index (χ3v) is 4.44. The summed E-state index contributed by atoms with van der Waals surface area (Å²) < 4.78 is 24.6. The number of sulfone groups is 1. The molecule has 0 aliphatic heterocycles. The third kappa shape index (κ3) is 3.13. The Balaban J connectivity index is 2.27. The number of rotatable bonds is 5. The lowest BCUT2D eigenvalue weighted by molar-refractivity contribution is 0.311. The van der Waals surface area contributed by atoms with Crippen molar-refractivity contribution in [1.82, 2.24) is 0 Å². The van der Waals surface area contributed by atoms with E-state index in [0.29, 0.717) is 6.54 Å². The van der Waals surface area contributed by atoms with Crippen LogP contribution >= 0.6 is 0 Å². The van der Waals surface area contributed by atoms with Gasteiger partial charge >= 0.3 is 0 Å². The summed E-state index contributed by atoms with van der Waals surface area (Å²) in [5.74, 6) is 0. The Kier molecular flexibility index (Phi) is 4.19. The molecular weight excluding hydrogens is 262 g/mol. The molecule has 2 aromatic carbocycles. The molecule has 0 saturated heterocycles. The van der Waals surface area contributed by atoms with Crippen molar-refractivity contribution in [2.45, 2.75) is 9.79 Å². The molecule has 0 fully saturated rings. The largest absolute Gasteiger partial charge is 0.395 e. The molecule has 0 atom stereocenters. The zero-order chi connectivity index (χ0) is 13.7. The maximum absolute atomic E-state index is 12.3. The van der Waals surface area contributed by atoms with Crippen LogP contribution in [0.3, 0.4) is 0 Å². The number of benzene rings is 2. The predicted octanol–water partition coefficient (Wildman–Crippen LogP) is 1.92. The van der Waals surface area contributed by atoms with Crippen LogP contribution in [0.25, 0.3) is 0 Å². The van der Waals surface area contributed by atoms with E-state index in [4.69, 9.17) is 5.11 Å². The molecular formula is C14H15NO3S. The van der Waals surface area contributed by atoms with E-state index in [1.54, 1.807) is 54.6 Å². The summed E-state index contributed by atoms with van der Waals surface area (Å²) in [6.07, 6.45) is 0. The van der Waals surface area contributed by atoms with E-state index >= 15 is 0 Å². The van der Waals surface area contributed by atoms with Crippen molar-refractivity contribution in [3.63, 3.8) is 0 Å². The van der Waals surface area contributed by atoms with Gasteiger partial charge in [-0.1, -0.05) is 18.2 Å². The van der Waals surface area contributed by atoms with Crippen LogP contribution in [0.5, 0.6) is 0 Å². The van der Waals surface area contributed by atoms with Crippen LogP contribution in [0.1, 0.15) is 0 Å². The van der Waals surface area contributed by atoms with Gasteiger partial charge in [0.25, 0.3) is 0 Å². The Morgan fingerprint density at radius 3 is 2.05 bits per heavy atom. The molecule has 0 spiro atoms. The maximum atomic E-state index is 12.3. The van der Waals surface area contributed by atoms with E-state index in [1.165, 1.54) is 0 Å². The molecule has 2 N–H and O–H groups in total. The number of nitrogens with one attached hydrogen (secondary N) is 1. The summed E-state index contributed by atoms with van der Waals surface area (Å²) >= 11 is 0. The summed E-state index contributed by atoms with van der Waals surface area (Å²) in [5.41, 5.74) is 0.779. The van der Waals surface area contributed by atoms with Crippen LogP contribution in [0.15, 0.2) is 64.4 Å². The first kappa shape index (κ1) is 13.6. The Hall–Kier alpha value is -1.85. The normalized spacial score (nSPS) is 11.2. The maximum Gasteiger partial charge on any atom is 0.206 e. The second-order valence-corrected chi connectivity index (χ2v) is 5.94. The second kappa shape index (κ2) is 5.86. The zero-order valence-corrected chi connectivity index (χ0v) is 11.1. The van der Waals surface area contributed by atoms with Gasteiger partial charge in [0.1, 0.15) is 0 Å². The van der Waals surface area contributed by atoms with Gasteiger partial charge < -0.3 is 10.4 Å². The Labute approximate surface area is 112 Å². The highest BCUT2D eigenvalue weighted by molar-refractivity contribution is 7.91. The van der Waals surface area contributed by atoms with Crippen molar-refractivity contribution in [2.75, 3.05) is 18.5 Å². The minimum Gasteiger partial charge on any atom is -0.395 e. The van der Waals surface area contributed by atoms with Crippen LogP contribution in [-0.4, -0.2) is 26.7 Å². The number of hydrogen-bond donors (Lipinski definition) is 2. The van der Waals surface area contributed by atoms with E-state index in [9.17, 15) is 8.42 Å². The van der Waals surface area contributed by atoms with E-state index in [1.807, 2.05) is 0 Å². The number of aliphatic hydroxyl groups is 1. The van der Waals surface area contributed by atoms with E-state index in [0.717, 1.165) is 5.69 Å². The summed E-state index contributed by atoms with van der Waals surface area (Å²) in [6, 6.07) is 14.8. The molecule has 2 aromatic rings. The number of aliphatic hydroxyl groups excluding tert-OH is 1. The fourth-order valence-corrected chi connectivity index (χ4v) is 2.97. The number of hydrogen-bond acceptors (Lipinski definition) is 4. The fourth-order valence-electron chi connectivity index (χ4n) is 1.69. The molecule has 19 heavy (non-hydrogen) atoms. The van der Waals surface area contributed by atoms with Gasteiger partial charge in [-0.2, -0.15) is 0 Å². The van der Waals surface area contributed by atoms with Crippen LogP contribution < -0.4 is 5.32 Å². The first-order valence-electron chi connectivity index (χ1n) is 5.89. The van der Waals surface area contributed by atoms with Crippen molar-refractivity contribution < 1.29 is 13.5 Å². The van der Waals surface area contributed by atoms with E-state index in [-0.39, 0.29) is 16.4 Å². The molecule has 100 valence electrons. The lowest BCUT2D eigenvalue weighted by Gasteiger charge is -2.07. The van der Waals surface area contributed by atoms with Gasteiger partial charge in [0, 0.05) is 12.2 Å². The highest BCUT2D eigenvalue weighted by atomic mass is 32.2. The molecule has 0 aliphatic carbocycles. The number of anilines is 1. The second-order valence-electron chi connectivity index (χ2n) is 3.99. The monoisotopic (exact) mass is 277 g/mol. The smallest absolute Gasteiger partial charge is 0.206 e. The van der Waals surface area contributed by atoms with Crippen LogP contribution in [0.4, 0.5) is 5.69 Å². The zero-order valence-electron chi connectivity index (χ0n) is 10.3. The summed E-state index contributed by atoms with van der Waals surface area (Å²) in [4.78, 5) is 0.541. The summed E-state index contributed by atoms with van der Waals surface area (Å²) in [5, 5.41) is 11.7. The molecule has 0 unspecified atom stereocenters. The summed E-state index contributed by atoms with van der Waals surface area (Å²) in [7, 11) is -3.45. The van der Waals surface area contributed by atoms with Crippen LogP contribution in [0, 0.1) is 0 Å². The van der Waals surface area contributed by atoms with Gasteiger partial charge in [-0.25, -0.2) is 8.42 Å². The molecule has 0 amide bonds. The minimum atomic E-state index is -3.45. The molecule has 0 aromatic heterocycles. The topological polar surface area (TPSA) is 66.4 Å². The average molecular weight is 277 g/mol. The molecule has 0 radical (unpaired) electrons. The molecule has 5 heteroatoms. The fraction of sp³-hybridized carbons (Fsp3) is 0.143.